The number of primary amides is 1. The van der Waals surface area contributed by atoms with Crippen molar-refractivity contribution < 1.29 is 14.4 Å². The molecule has 0 spiro atoms. The second kappa shape index (κ2) is 7.35. The molecule has 118 valence electrons. The second-order valence-electron chi connectivity index (χ2n) is 5.26. The molecule has 0 aliphatic carbocycles. The van der Waals surface area contributed by atoms with E-state index in [2.05, 4.69) is 5.32 Å². The monoisotopic (exact) mass is 310 g/mol. The van der Waals surface area contributed by atoms with E-state index in [9.17, 15) is 14.4 Å². The first-order chi connectivity index (χ1) is 11.0. The van der Waals surface area contributed by atoms with Crippen LogP contribution in [0.2, 0.25) is 0 Å². The Balaban J connectivity index is 2.10. The lowest BCUT2D eigenvalue weighted by atomic mass is 10.0. The van der Waals surface area contributed by atoms with Gasteiger partial charge in [0, 0.05) is 11.1 Å². The molecule has 2 amide bonds. The van der Waals surface area contributed by atoms with Gasteiger partial charge in [0.05, 0.1) is 6.42 Å². The Morgan fingerprint density at radius 3 is 2.30 bits per heavy atom. The van der Waals surface area contributed by atoms with Gasteiger partial charge in [-0.2, -0.15) is 0 Å². The van der Waals surface area contributed by atoms with Crippen LogP contribution >= 0.6 is 0 Å². The smallest absolute Gasteiger partial charge is 0.239 e. The molecule has 5 nitrogen and oxygen atoms in total. The van der Waals surface area contributed by atoms with Gasteiger partial charge in [0.2, 0.25) is 11.8 Å². The number of hydrogen-bond donors (Lipinski definition) is 2. The third-order valence-corrected chi connectivity index (χ3v) is 3.39. The zero-order chi connectivity index (χ0) is 16.8. The molecule has 1 atom stereocenters. The Hall–Kier alpha value is -2.95. The van der Waals surface area contributed by atoms with Crippen LogP contribution in [0.1, 0.15) is 28.4 Å². The summed E-state index contributed by atoms with van der Waals surface area (Å²) in [5.74, 6) is -1.01. The lowest BCUT2D eigenvalue weighted by Gasteiger charge is -2.10. The van der Waals surface area contributed by atoms with E-state index in [4.69, 9.17) is 5.73 Å². The van der Waals surface area contributed by atoms with Crippen LogP contribution in [0, 0.1) is 0 Å². The molecule has 5 heteroatoms. The summed E-state index contributed by atoms with van der Waals surface area (Å²) in [6.45, 7) is 1.52. The maximum absolute atomic E-state index is 12.4. The molecule has 0 fully saturated rings. The summed E-state index contributed by atoms with van der Waals surface area (Å²) in [4.78, 5) is 35.2. The number of hydrogen-bond acceptors (Lipinski definition) is 3. The van der Waals surface area contributed by atoms with Gasteiger partial charge in [0.25, 0.3) is 0 Å². The summed E-state index contributed by atoms with van der Waals surface area (Å²) in [6.07, 6.45) is 0.0769. The first-order valence-corrected chi connectivity index (χ1v) is 7.24. The van der Waals surface area contributed by atoms with Gasteiger partial charge in [-0.3, -0.25) is 14.4 Å². The van der Waals surface area contributed by atoms with Crippen molar-refractivity contribution in [1.29, 1.82) is 0 Å². The van der Waals surface area contributed by atoms with Gasteiger partial charge in [-0.25, -0.2) is 0 Å². The number of nitrogens with one attached hydrogen (secondary N) is 1. The first-order valence-electron chi connectivity index (χ1n) is 7.24. The molecule has 0 heterocycles. The number of benzene rings is 2. The van der Waals surface area contributed by atoms with Gasteiger partial charge in [0.1, 0.15) is 6.04 Å². The average Bonchev–Trinajstić information content (AvgIpc) is 2.55. The SMILES string of the molecule is CC(NC(=O)Cc1cccc(C(=O)c2ccccc2)c1)C(N)=O. The highest BCUT2D eigenvalue weighted by atomic mass is 16.2. The standard InChI is InChI=1S/C18H18N2O3/c1-12(18(19)23)20-16(21)11-13-6-5-9-15(10-13)17(22)14-7-3-2-4-8-14/h2-10,12H,11H2,1H3,(H2,19,23)(H,20,21). The molecule has 2 aromatic carbocycles. The minimum Gasteiger partial charge on any atom is -0.368 e. The van der Waals surface area contributed by atoms with Crippen molar-refractivity contribution in [2.45, 2.75) is 19.4 Å². The third kappa shape index (κ3) is 4.51. The Bertz CT molecular complexity index is 726. The number of carbonyl (C=O) groups is 3. The number of ketones is 1. The minimum atomic E-state index is -0.725. The predicted molar refractivity (Wildman–Crippen MR) is 86.8 cm³/mol. The van der Waals surface area contributed by atoms with Crippen molar-refractivity contribution in [2.75, 3.05) is 0 Å². The molecule has 2 rings (SSSR count). The zero-order valence-corrected chi connectivity index (χ0v) is 12.8. The van der Waals surface area contributed by atoms with E-state index in [0.717, 1.165) is 0 Å². The normalized spacial score (nSPS) is 11.5. The molecule has 2 aromatic rings. The topological polar surface area (TPSA) is 89.3 Å². The Morgan fingerprint density at radius 2 is 1.65 bits per heavy atom. The van der Waals surface area contributed by atoms with E-state index >= 15 is 0 Å². The lowest BCUT2D eigenvalue weighted by molar-refractivity contribution is -0.126. The molecule has 0 aliphatic rings. The Kier molecular flexibility index (Phi) is 5.25. The molecule has 0 radical (unpaired) electrons. The van der Waals surface area contributed by atoms with Crippen LogP contribution < -0.4 is 11.1 Å². The molecule has 1 unspecified atom stereocenters. The van der Waals surface area contributed by atoms with Crippen LogP contribution in [-0.4, -0.2) is 23.6 Å². The van der Waals surface area contributed by atoms with Crippen LogP contribution in [0.3, 0.4) is 0 Å². The van der Waals surface area contributed by atoms with E-state index in [-0.39, 0.29) is 18.1 Å². The van der Waals surface area contributed by atoms with Gasteiger partial charge in [0.15, 0.2) is 5.78 Å². The molecular weight excluding hydrogens is 292 g/mol. The van der Waals surface area contributed by atoms with Gasteiger partial charge in [-0.05, 0) is 18.6 Å². The van der Waals surface area contributed by atoms with Crippen LogP contribution in [0.25, 0.3) is 0 Å². The van der Waals surface area contributed by atoms with Crippen molar-refractivity contribution in [3.05, 3.63) is 71.3 Å². The number of nitrogens with two attached hydrogens (primary N) is 1. The summed E-state index contributed by atoms with van der Waals surface area (Å²) in [7, 11) is 0. The highest BCUT2D eigenvalue weighted by Crippen LogP contribution is 2.12. The predicted octanol–water partition coefficient (Wildman–Crippen LogP) is 1.45. The van der Waals surface area contributed by atoms with Crippen molar-refractivity contribution in [3.8, 4) is 0 Å². The van der Waals surface area contributed by atoms with Gasteiger partial charge in [-0.15, -0.1) is 0 Å². The number of carbonyl (C=O) groups excluding carboxylic acids is 3. The van der Waals surface area contributed by atoms with Crippen LogP contribution in [0.5, 0.6) is 0 Å². The van der Waals surface area contributed by atoms with E-state index in [0.29, 0.717) is 16.7 Å². The summed E-state index contributed by atoms with van der Waals surface area (Å²) >= 11 is 0. The van der Waals surface area contributed by atoms with Gasteiger partial charge < -0.3 is 11.1 Å². The third-order valence-electron chi connectivity index (χ3n) is 3.39. The van der Waals surface area contributed by atoms with E-state index in [1.807, 2.05) is 6.07 Å². The largest absolute Gasteiger partial charge is 0.368 e. The molecule has 0 aromatic heterocycles. The van der Waals surface area contributed by atoms with E-state index < -0.39 is 11.9 Å². The summed E-state index contributed by atoms with van der Waals surface area (Å²) < 4.78 is 0. The maximum atomic E-state index is 12.4. The second-order valence-corrected chi connectivity index (χ2v) is 5.26. The fourth-order valence-electron chi connectivity index (χ4n) is 2.13. The molecule has 3 N–H and O–H groups in total. The fraction of sp³-hybridized carbons (Fsp3) is 0.167. The van der Waals surface area contributed by atoms with Crippen molar-refractivity contribution in [3.63, 3.8) is 0 Å². The minimum absolute atomic E-state index is 0.0769. The van der Waals surface area contributed by atoms with E-state index in [1.165, 1.54) is 6.92 Å². The Labute approximate surface area is 134 Å². The molecular formula is C18H18N2O3. The van der Waals surface area contributed by atoms with Crippen LogP contribution in [0.4, 0.5) is 0 Å². The van der Waals surface area contributed by atoms with Crippen molar-refractivity contribution in [1.82, 2.24) is 5.32 Å². The summed E-state index contributed by atoms with van der Waals surface area (Å²) in [6, 6.07) is 15.1. The number of amides is 2. The van der Waals surface area contributed by atoms with Crippen molar-refractivity contribution >= 4 is 17.6 Å². The Morgan fingerprint density at radius 1 is 1.00 bits per heavy atom. The highest BCUT2D eigenvalue weighted by Gasteiger charge is 2.14. The molecule has 0 saturated heterocycles. The highest BCUT2D eigenvalue weighted by molar-refractivity contribution is 6.09. The van der Waals surface area contributed by atoms with Gasteiger partial charge in [-0.1, -0.05) is 48.5 Å². The summed E-state index contributed by atoms with van der Waals surface area (Å²) in [5.41, 5.74) is 6.91. The molecule has 23 heavy (non-hydrogen) atoms. The van der Waals surface area contributed by atoms with Gasteiger partial charge >= 0.3 is 0 Å². The molecule has 0 aliphatic heterocycles. The average molecular weight is 310 g/mol. The van der Waals surface area contributed by atoms with E-state index in [1.54, 1.807) is 48.5 Å². The zero-order valence-electron chi connectivity index (χ0n) is 12.8. The van der Waals surface area contributed by atoms with Crippen LogP contribution in [-0.2, 0) is 16.0 Å². The van der Waals surface area contributed by atoms with Crippen molar-refractivity contribution in [2.24, 2.45) is 5.73 Å². The quantitative estimate of drug-likeness (QED) is 0.791. The lowest BCUT2D eigenvalue weighted by Crippen LogP contribution is -2.42. The first kappa shape index (κ1) is 16.4. The maximum Gasteiger partial charge on any atom is 0.239 e. The summed E-state index contributed by atoms with van der Waals surface area (Å²) in [5, 5.41) is 2.51. The van der Waals surface area contributed by atoms with Crippen LogP contribution in [0.15, 0.2) is 54.6 Å². The number of rotatable bonds is 6. The fourth-order valence-corrected chi connectivity index (χ4v) is 2.13. The molecule has 0 saturated carbocycles. The molecule has 0 bridgehead atoms.